The van der Waals surface area contributed by atoms with Crippen molar-refractivity contribution in [3.8, 4) is 0 Å². The zero-order chi connectivity index (χ0) is 16.9. The first-order valence-corrected chi connectivity index (χ1v) is 8.67. The monoisotopic (exact) mass is 327 g/mol. The number of rotatable bonds is 6. The van der Waals surface area contributed by atoms with E-state index in [1.165, 1.54) is 22.0 Å². The number of nitrogens with zero attached hydrogens (tertiary/aromatic N) is 3. The molecule has 2 aromatic heterocycles. The fourth-order valence-electron chi connectivity index (χ4n) is 3.18. The summed E-state index contributed by atoms with van der Waals surface area (Å²) in [6, 6.07) is 19.2. The van der Waals surface area contributed by atoms with Crippen molar-refractivity contribution in [3.05, 3.63) is 90.6 Å². The lowest BCUT2D eigenvalue weighted by Crippen LogP contribution is -2.01. The zero-order valence-electron chi connectivity index (χ0n) is 14.1. The molecule has 0 saturated heterocycles. The van der Waals surface area contributed by atoms with Gasteiger partial charge in [-0.15, -0.1) is 0 Å². The molecule has 0 aliphatic rings. The molecule has 3 heteroatoms. The minimum atomic E-state index is 0.993. The van der Waals surface area contributed by atoms with E-state index in [-0.39, 0.29) is 0 Å². The fourth-order valence-corrected chi connectivity index (χ4v) is 3.18. The van der Waals surface area contributed by atoms with E-state index >= 15 is 0 Å². The molecule has 0 aliphatic heterocycles. The zero-order valence-corrected chi connectivity index (χ0v) is 14.1. The Balaban J connectivity index is 1.52. The van der Waals surface area contributed by atoms with E-state index in [1.807, 2.05) is 24.8 Å². The molecule has 0 unspecified atom stereocenters. The lowest BCUT2D eigenvalue weighted by Gasteiger charge is -2.07. The van der Waals surface area contributed by atoms with Crippen LogP contribution in [-0.4, -0.2) is 14.1 Å². The average molecular weight is 327 g/mol. The van der Waals surface area contributed by atoms with Gasteiger partial charge in [-0.2, -0.15) is 0 Å². The summed E-state index contributed by atoms with van der Waals surface area (Å²) in [7, 11) is 0. The van der Waals surface area contributed by atoms with Crippen molar-refractivity contribution in [2.24, 2.45) is 0 Å². The minimum Gasteiger partial charge on any atom is -0.347 e. The topological polar surface area (TPSA) is 22.8 Å². The molecule has 124 valence electrons. The van der Waals surface area contributed by atoms with Gasteiger partial charge in [-0.05, 0) is 29.7 Å². The number of hydrogen-bond acceptors (Lipinski definition) is 1. The second kappa shape index (κ2) is 7.22. The van der Waals surface area contributed by atoms with Gasteiger partial charge < -0.3 is 9.13 Å². The maximum atomic E-state index is 4.09. The van der Waals surface area contributed by atoms with Crippen LogP contribution in [0.4, 0.5) is 0 Å². The van der Waals surface area contributed by atoms with Gasteiger partial charge in [0.15, 0.2) is 0 Å². The van der Waals surface area contributed by atoms with Gasteiger partial charge in [0.1, 0.15) is 0 Å². The highest BCUT2D eigenvalue weighted by Gasteiger charge is 2.04. The van der Waals surface area contributed by atoms with Crippen LogP contribution in [0.2, 0.25) is 0 Å². The van der Waals surface area contributed by atoms with E-state index in [0.717, 1.165) is 19.5 Å². The highest BCUT2D eigenvalue weighted by atomic mass is 15.0. The number of aryl methyl sites for hydroxylation is 2. The number of hydrogen-bond donors (Lipinski definition) is 0. The SMILES string of the molecule is C(=C\c1cccc2c1ccn2CCCn1ccnc1)/c1ccccc1. The predicted molar refractivity (Wildman–Crippen MR) is 104 cm³/mol. The molecular weight excluding hydrogens is 306 g/mol. The van der Waals surface area contributed by atoms with Crippen LogP contribution in [0.5, 0.6) is 0 Å². The summed E-state index contributed by atoms with van der Waals surface area (Å²) in [6.45, 7) is 2.00. The van der Waals surface area contributed by atoms with Crippen LogP contribution < -0.4 is 0 Å². The summed E-state index contributed by atoms with van der Waals surface area (Å²) in [5.41, 5.74) is 3.77. The Morgan fingerprint density at radius 3 is 2.60 bits per heavy atom. The second-order valence-electron chi connectivity index (χ2n) is 6.19. The molecule has 0 aliphatic carbocycles. The summed E-state index contributed by atoms with van der Waals surface area (Å²) in [4.78, 5) is 4.09. The van der Waals surface area contributed by atoms with Crippen molar-refractivity contribution in [3.63, 3.8) is 0 Å². The van der Waals surface area contributed by atoms with Crippen molar-refractivity contribution >= 4 is 23.1 Å². The summed E-state index contributed by atoms with van der Waals surface area (Å²) in [6.07, 6.45) is 13.4. The van der Waals surface area contributed by atoms with Gasteiger partial charge in [0.05, 0.1) is 6.33 Å². The van der Waals surface area contributed by atoms with Crippen molar-refractivity contribution in [1.29, 1.82) is 0 Å². The lowest BCUT2D eigenvalue weighted by molar-refractivity contribution is 0.573. The Labute approximate surface area is 147 Å². The normalized spacial score (nSPS) is 11.5. The van der Waals surface area contributed by atoms with Gasteiger partial charge in [0.2, 0.25) is 0 Å². The van der Waals surface area contributed by atoms with Crippen LogP contribution >= 0.6 is 0 Å². The fraction of sp³-hybridized carbons (Fsp3) is 0.136. The van der Waals surface area contributed by atoms with Gasteiger partial charge in [-0.1, -0.05) is 54.6 Å². The van der Waals surface area contributed by atoms with Crippen LogP contribution in [0.1, 0.15) is 17.5 Å². The molecule has 0 bridgehead atoms. The number of aromatic nitrogens is 3. The number of imidazole rings is 1. The smallest absolute Gasteiger partial charge is 0.0945 e. The molecule has 0 radical (unpaired) electrons. The highest BCUT2D eigenvalue weighted by molar-refractivity contribution is 5.91. The van der Waals surface area contributed by atoms with Crippen LogP contribution in [-0.2, 0) is 13.1 Å². The summed E-state index contributed by atoms with van der Waals surface area (Å²) in [5, 5.41) is 1.30. The van der Waals surface area contributed by atoms with Gasteiger partial charge in [-0.25, -0.2) is 4.98 Å². The van der Waals surface area contributed by atoms with Gasteiger partial charge in [-0.3, -0.25) is 0 Å². The molecule has 0 saturated carbocycles. The van der Waals surface area contributed by atoms with E-state index in [9.17, 15) is 0 Å². The van der Waals surface area contributed by atoms with Crippen LogP contribution in [0.15, 0.2) is 79.5 Å². The Morgan fingerprint density at radius 2 is 1.76 bits per heavy atom. The third-order valence-corrected chi connectivity index (χ3v) is 4.48. The molecule has 2 heterocycles. The van der Waals surface area contributed by atoms with E-state index in [0.29, 0.717) is 0 Å². The molecule has 0 amide bonds. The first-order valence-electron chi connectivity index (χ1n) is 8.67. The maximum Gasteiger partial charge on any atom is 0.0945 e. The Morgan fingerprint density at radius 1 is 0.840 bits per heavy atom. The quantitative estimate of drug-likeness (QED) is 0.452. The van der Waals surface area contributed by atoms with Gasteiger partial charge in [0, 0.05) is 42.6 Å². The van der Waals surface area contributed by atoms with Crippen molar-refractivity contribution < 1.29 is 0 Å². The lowest BCUT2D eigenvalue weighted by atomic mass is 10.1. The van der Waals surface area contributed by atoms with E-state index in [2.05, 4.69) is 81.0 Å². The van der Waals surface area contributed by atoms with Gasteiger partial charge >= 0.3 is 0 Å². The molecule has 0 fully saturated rings. The molecule has 0 spiro atoms. The average Bonchev–Trinajstić information content (AvgIpc) is 3.31. The minimum absolute atomic E-state index is 0.993. The van der Waals surface area contributed by atoms with E-state index in [4.69, 9.17) is 0 Å². The largest absolute Gasteiger partial charge is 0.347 e. The third kappa shape index (κ3) is 3.56. The molecule has 2 aromatic carbocycles. The van der Waals surface area contributed by atoms with Crippen LogP contribution in [0.25, 0.3) is 23.1 Å². The van der Waals surface area contributed by atoms with E-state index < -0.39 is 0 Å². The Kier molecular flexibility index (Phi) is 4.46. The summed E-state index contributed by atoms with van der Waals surface area (Å²) < 4.78 is 4.46. The Bertz CT molecular complexity index is 963. The third-order valence-electron chi connectivity index (χ3n) is 4.48. The van der Waals surface area contributed by atoms with Crippen LogP contribution in [0, 0.1) is 0 Å². The molecular formula is C22H21N3. The standard InChI is InChI=1S/C22H21N3/c1-2-6-19(7-3-1)10-11-20-8-4-9-22-21(20)12-16-25(22)15-5-14-24-17-13-23-18-24/h1-4,6-13,16-18H,5,14-15H2/b11-10+. The van der Waals surface area contributed by atoms with Crippen molar-refractivity contribution in [2.45, 2.75) is 19.5 Å². The maximum absolute atomic E-state index is 4.09. The van der Waals surface area contributed by atoms with Crippen molar-refractivity contribution in [2.75, 3.05) is 0 Å². The molecule has 3 nitrogen and oxygen atoms in total. The van der Waals surface area contributed by atoms with E-state index in [1.54, 1.807) is 0 Å². The molecule has 4 aromatic rings. The highest BCUT2D eigenvalue weighted by Crippen LogP contribution is 2.22. The predicted octanol–water partition coefficient (Wildman–Crippen LogP) is 5.10. The molecule has 4 rings (SSSR count). The first-order chi connectivity index (χ1) is 12.4. The van der Waals surface area contributed by atoms with Crippen molar-refractivity contribution in [1.82, 2.24) is 14.1 Å². The molecule has 0 atom stereocenters. The Hall–Kier alpha value is -3.07. The van der Waals surface area contributed by atoms with Gasteiger partial charge in [0.25, 0.3) is 0 Å². The first kappa shape index (κ1) is 15.5. The molecule has 0 N–H and O–H groups in total. The van der Waals surface area contributed by atoms with Crippen LogP contribution in [0.3, 0.4) is 0 Å². The summed E-state index contributed by atoms with van der Waals surface area (Å²) in [5.74, 6) is 0. The molecule has 25 heavy (non-hydrogen) atoms. The summed E-state index contributed by atoms with van der Waals surface area (Å²) >= 11 is 0. The second-order valence-corrected chi connectivity index (χ2v) is 6.19. The number of fused-ring (bicyclic) bond motifs is 1. The number of benzene rings is 2.